The number of alkyl halides is 2. The van der Waals surface area contributed by atoms with Crippen LogP contribution in [0.15, 0.2) is 59.5 Å². The average Bonchev–Trinajstić information content (AvgIpc) is 2.93. The van der Waals surface area contributed by atoms with E-state index in [1.165, 1.54) is 66.4 Å². The van der Waals surface area contributed by atoms with Crippen molar-refractivity contribution < 1.29 is 37.7 Å². The standard InChI is InChI=1S/C28H27ClF2N2O7/c1-38-24-15-33(25(34)14-21(24)20-12-17(29)7-10-23(20)40-28(30)31)22(13-19-4-2-3-11-39-19)26(35)32-18-8-5-16(6-9-18)27(36)37/h5-10,12,14-15,19,22,28H,2-4,11,13H2,1H3,(H,32,35)(H,36,37)/t19-,22?/m1/s1. The summed E-state index contributed by atoms with van der Waals surface area (Å²) in [5.41, 5.74) is 0.0612. The van der Waals surface area contributed by atoms with E-state index in [0.29, 0.717) is 18.7 Å². The highest BCUT2D eigenvalue weighted by Gasteiger charge is 2.29. The molecule has 2 atom stereocenters. The molecule has 2 heterocycles. The van der Waals surface area contributed by atoms with Crippen LogP contribution in [-0.4, -0.2) is 48.0 Å². The third kappa shape index (κ3) is 6.97. The van der Waals surface area contributed by atoms with Crippen molar-refractivity contribution >= 4 is 29.2 Å². The normalized spacial score (nSPS) is 15.9. The van der Waals surface area contributed by atoms with Gasteiger partial charge < -0.3 is 24.6 Å². The molecule has 0 aliphatic carbocycles. The Balaban J connectivity index is 1.74. The molecule has 1 saturated heterocycles. The quantitative estimate of drug-likeness (QED) is 0.322. The van der Waals surface area contributed by atoms with Crippen molar-refractivity contribution in [2.45, 2.75) is 44.4 Å². The minimum absolute atomic E-state index is 0.0536. The zero-order chi connectivity index (χ0) is 28.8. The number of methoxy groups -OCH3 is 1. The maximum atomic E-state index is 13.5. The summed E-state index contributed by atoms with van der Waals surface area (Å²) in [5, 5.41) is 12.1. The van der Waals surface area contributed by atoms with Gasteiger partial charge in [0, 0.05) is 40.9 Å². The number of amides is 1. The van der Waals surface area contributed by atoms with Crippen LogP contribution in [0.1, 0.15) is 42.1 Å². The fraction of sp³-hybridized carbons (Fsp3) is 0.321. The summed E-state index contributed by atoms with van der Waals surface area (Å²) in [6, 6.07) is 9.77. The molecule has 2 aromatic carbocycles. The van der Waals surface area contributed by atoms with Crippen molar-refractivity contribution in [1.29, 1.82) is 0 Å². The Morgan fingerprint density at radius 1 is 1.12 bits per heavy atom. The number of hydrogen-bond donors (Lipinski definition) is 2. The molecule has 1 aromatic heterocycles. The number of ether oxygens (including phenoxy) is 3. The number of pyridine rings is 1. The van der Waals surface area contributed by atoms with Crippen molar-refractivity contribution in [3.05, 3.63) is 75.7 Å². The molecule has 1 fully saturated rings. The SMILES string of the molecule is COc1cn(C(C[C@H]2CCCCO2)C(=O)Nc2ccc(C(=O)O)cc2)c(=O)cc1-c1cc(Cl)ccc1OC(F)F. The highest BCUT2D eigenvalue weighted by molar-refractivity contribution is 6.31. The molecule has 0 bridgehead atoms. The van der Waals surface area contributed by atoms with Crippen LogP contribution < -0.4 is 20.3 Å². The van der Waals surface area contributed by atoms with Crippen LogP contribution in [0.4, 0.5) is 14.5 Å². The Hall–Kier alpha value is -3.96. The molecular formula is C28H27ClF2N2O7. The minimum atomic E-state index is -3.11. The first-order valence-corrected chi connectivity index (χ1v) is 12.8. The molecule has 1 amide bonds. The van der Waals surface area contributed by atoms with E-state index < -0.39 is 30.1 Å². The number of carbonyl (C=O) groups is 2. The lowest BCUT2D eigenvalue weighted by molar-refractivity contribution is -0.121. The van der Waals surface area contributed by atoms with E-state index >= 15 is 0 Å². The molecule has 1 aliphatic rings. The topological polar surface area (TPSA) is 116 Å². The van der Waals surface area contributed by atoms with Gasteiger partial charge in [0.05, 0.1) is 25.0 Å². The second kappa shape index (κ2) is 12.9. The molecule has 1 aliphatic heterocycles. The summed E-state index contributed by atoms with van der Waals surface area (Å²) in [6.45, 7) is -2.58. The number of rotatable bonds is 10. The molecular weight excluding hydrogens is 550 g/mol. The van der Waals surface area contributed by atoms with Gasteiger partial charge in [-0.1, -0.05) is 11.6 Å². The molecule has 40 heavy (non-hydrogen) atoms. The van der Waals surface area contributed by atoms with E-state index in [9.17, 15) is 23.2 Å². The van der Waals surface area contributed by atoms with Gasteiger partial charge in [-0.2, -0.15) is 8.78 Å². The summed E-state index contributed by atoms with van der Waals surface area (Å²) >= 11 is 6.11. The monoisotopic (exact) mass is 576 g/mol. The molecule has 0 spiro atoms. The number of nitrogens with one attached hydrogen (secondary N) is 1. The van der Waals surface area contributed by atoms with Gasteiger partial charge in [0.1, 0.15) is 17.5 Å². The molecule has 0 radical (unpaired) electrons. The molecule has 212 valence electrons. The second-order valence-corrected chi connectivity index (χ2v) is 9.57. The number of carbonyl (C=O) groups excluding carboxylic acids is 1. The highest BCUT2D eigenvalue weighted by atomic mass is 35.5. The number of carboxylic acids is 1. The fourth-order valence-electron chi connectivity index (χ4n) is 4.57. The summed E-state index contributed by atoms with van der Waals surface area (Å²) in [7, 11) is 1.34. The number of aromatic carboxylic acids is 1. The number of benzene rings is 2. The van der Waals surface area contributed by atoms with Crippen LogP contribution in [0.3, 0.4) is 0 Å². The lowest BCUT2D eigenvalue weighted by Crippen LogP contribution is -2.36. The maximum Gasteiger partial charge on any atom is 0.387 e. The van der Waals surface area contributed by atoms with Gasteiger partial charge >= 0.3 is 12.6 Å². The van der Waals surface area contributed by atoms with Crippen LogP contribution in [0, 0.1) is 0 Å². The van der Waals surface area contributed by atoms with Crippen LogP contribution in [0.25, 0.3) is 11.1 Å². The van der Waals surface area contributed by atoms with Gasteiger partial charge in [-0.25, -0.2) is 4.79 Å². The van der Waals surface area contributed by atoms with Crippen molar-refractivity contribution in [2.24, 2.45) is 0 Å². The summed E-state index contributed by atoms with van der Waals surface area (Å²) in [6.07, 6.45) is 3.75. The number of hydrogen-bond acceptors (Lipinski definition) is 6. The van der Waals surface area contributed by atoms with E-state index in [-0.39, 0.29) is 45.7 Å². The van der Waals surface area contributed by atoms with Crippen LogP contribution in [0.2, 0.25) is 5.02 Å². The van der Waals surface area contributed by atoms with Crippen LogP contribution in [-0.2, 0) is 9.53 Å². The van der Waals surface area contributed by atoms with Crippen LogP contribution in [0.5, 0.6) is 11.5 Å². The number of aromatic nitrogens is 1. The molecule has 2 N–H and O–H groups in total. The second-order valence-electron chi connectivity index (χ2n) is 9.13. The van der Waals surface area contributed by atoms with Gasteiger partial charge in [0.15, 0.2) is 0 Å². The Kier molecular flexibility index (Phi) is 9.38. The summed E-state index contributed by atoms with van der Waals surface area (Å²) in [4.78, 5) is 38.2. The third-order valence-corrected chi connectivity index (χ3v) is 6.74. The summed E-state index contributed by atoms with van der Waals surface area (Å²) in [5.74, 6) is -1.72. The fourth-order valence-corrected chi connectivity index (χ4v) is 4.74. The van der Waals surface area contributed by atoms with Crippen molar-refractivity contribution in [1.82, 2.24) is 4.57 Å². The van der Waals surface area contributed by atoms with Crippen LogP contribution >= 0.6 is 11.6 Å². The number of anilines is 1. The largest absolute Gasteiger partial charge is 0.495 e. The molecule has 4 rings (SSSR count). The van der Waals surface area contributed by atoms with Gasteiger partial charge in [0.25, 0.3) is 5.56 Å². The molecule has 0 saturated carbocycles. The predicted octanol–water partition coefficient (Wildman–Crippen LogP) is 5.62. The minimum Gasteiger partial charge on any atom is -0.495 e. The maximum absolute atomic E-state index is 13.5. The first-order valence-electron chi connectivity index (χ1n) is 12.5. The molecule has 1 unspecified atom stereocenters. The summed E-state index contributed by atoms with van der Waals surface area (Å²) < 4.78 is 43.3. The molecule has 12 heteroatoms. The zero-order valence-corrected chi connectivity index (χ0v) is 22.2. The molecule has 9 nitrogen and oxygen atoms in total. The van der Waals surface area contributed by atoms with Gasteiger partial charge in [-0.3, -0.25) is 14.2 Å². The lowest BCUT2D eigenvalue weighted by Gasteiger charge is -2.28. The molecule has 3 aromatic rings. The van der Waals surface area contributed by atoms with Gasteiger partial charge in [-0.15, -0.1) is 0 Å². The van der Waals surface area contributed by atoms with Crippen molar-refractivity contribution in [2.75, 3.05) is 19.0 Å². The predicted molar refractivity (Wildman–Crippen MR) is 144 cm³/mol. The number of carboxylic acid groups (broad SMARTS) is 1. The van der Waals surface area contributed by atoms with Crippen molar-refractivity contribution in [3.63, 3.8) is 0 Å². The van der Waals surface area contributed by atoms with E-state index in [1.54, 1.807) is 0 Å². The highest BCUT2D eigenvalue weighted by Crippen LogP contribution is 2.38. The Morgan fingerprint density at radius 2 is 1.85 bits per heavy atom. The van der Waals surface area contributed by atoms with E-state index in [4.69, 9.17) is 26.2 Å². The van der Waals surface area contributed by atoms with Gasteiger partial charge in [0.2, 0.25) is 5.91 Å². The lowest BCUT2D eigenvalue weighted by atomic mass is 10.00. The Morgan fingerprint density at radius 3 is 2.48 bits per heavy atom. The third-order valence-electron chi connectivity index (χ3n) is 6.51. The average molecular weight is 577 g/mol. The van der Waals surface area contributed by atoms with E-state index in [0.717, 1.165) is 12.8 Å². The van der Waals surface area contributed by atoms with Crippen molar-refractivity contribution in [3.8, 4) is 22.6 Å². The zero-order valence-electron chi connectivity index (χ0n) is 21.4. The number of halogens is 3. The van der Waals surface area contributed by atoms with E-state index in [2.05, 4.69) is 10.1 Å². The first kappa shape index (κ1) is 29.0. The first-order chi connectivity index (χ1) is 19.2. The van der Waals surface area contributed by atoms with Gasteiger partial charge in [-0.05, 0) is 61.7 Å². The Labute approximate surface area is 233 Å². The smallest absolute Gasteiger partial charge is 0.387 e. The Bertz CT molecular complexity index is 1420. The van der Waals surface area contributed by atoms with E-state index in [1.807, 2.05) is 0 Å². The number of nitrogens with zero attached hydrogens (tertiary/aromatic N) is 1.